The molecule has 0 aliphatic carbocycles. The summed E-state index contributed by atoms with van der Waals surface area (Å²) in [7, 11) is -3.59. The van der Waals surface area contributed by atoms with Crippen LogP contribution in [-0.2, 0) is 16.6 Å². The molecular weight excluding hydrogens is 266 g/mol. The largest absolute Gasteiger partial charge is 0.395 e. The zero-order chi connectivity index (χ0) is 13.9. The third kappa shape index (κ3) is 2.98. The number of imidazole rings is 1. The topological polar surface area (TPSA) is 75.4 Å². The van der Waals surface area contributed by atoms with E-state index in [2.05, 4.69) is 4.98 Å². The molecule has 0 aromatic carbocycles. The smallest absolute Gasteiger partial charge is 0.262 e. The second-order valence-corrected chi connectivity index (χ2v) is 6.68. The van der Waals surface area contributed by atoms with Crippen LogP contribution in [0.3, 0.4) is 0 Å². The quantitative estimate of drug-likeness (QED) is 0.890. The fraction of sp³-hybridized carbons (Fsp3) is 0.750. The molecule has 2 rings (SSSR count). The Morgan fingerprint density at radius 2 is 2.21 bits per heavy atom. The number of nitrogens with zero attached hydrogens (tertiary/aromatic N) is 3. The number of hydrogen-bond donors (Lipinski definition) is 1. The molecule has 1 aliphatic heterocycles. The van der Waals surface area contributed by atoms with E-state index in [0.717, 1.165) is 19.3 Å². The summed E-state index contributed by atoms with van der Waals surface area (Å²) >= 11 is 0. The number of sulfonamides is 1. The van der Waals surface area contributed by atoms with Crippen LogP contribution < -0.4 is 0 Å². The van der Waals surface area contributed by atoms with Crippen molar-refractivity contribution in [2.45, 2.75) is 50.2 Å². The Morgan fingerprint density at radius 3 is 2.84 bits per heavy atom. The van der Waals surface area contributed by atoms with Gasteiger partial charge in [-0.1, -0.05) is 12.8 Å². The first-order chi connectivity index (χ1) is 9.09. The molecule has 6 nitrogen and oxygen atoms in total. The molecule has 7 heteroatoms. The summed E-state index contributed by atoms with van der Waals surface area (Å²) in [4.78, 5) is 3.98. The summed E-state index contributed by atoms with van der Waals surface area (Å²) in [6.45, 7) is 2.95. The SMILES string of the molecule is CCn1cnc(S(=O)(=O)N2CCCCCC2CO)c1. The molecule has 19 heavy (non-hydrogen) atoms. The van der Waals surface area contributed by atoms with Crippen LogP contribution in [0.1, 0.15) is 32.6 Å². The molecule has 1 unspecified atom stereocenters. The van der Waals surface area contributed by atoms with Gasteiger partial charge in [0.2, 0.25) is 0 Å². The number of rotatable bonds is 4. The van der Waals surface area contributed by atoms with Gasteiger partial charge in [-0.05, 0) is 19.8 Å². The van der Waals surface area contributed by atoms with E-state index in [1.165, 1.54) is 10.6 Å². The van der Waals surface area contributed by atoms with Crippen LogP contribution in [0.4, 0.5) is 0 Å². The molecule has 1 fully saturated rings. The summed E-state index contributed by atoms with van der Waals surface area (Å²) in [6.07, 6.45) is 6.59. The summed E-state index contributed by atoms with van der Waals surface area (Å²) in [5, 5.41) is 9.49. The van der Waals surface area contributed by atoms with Crippen molar-refractivity contribution in [3.05, 3.63) is 12.5 Å². The molecule has 1 N–H and O–H groups in total. The van der Waals surface area contributed by atoms with E-state index >= 15 is 0 Å². The van der Waals surface area contributed by atoms with Crippen molar-refractivity contribution in [2.75, 3.05) is 13.2 Å². The molecular formula is C12H21N3O3S. The first-order valence-corrected chi connectivity index (χ1v) is 8.18. The van der Waals surface area contributed by atoms with Gasteiger partial charge < -0.3 is 9.67 Å². The molecule has 1 aromatic rings. The maximum atomic E-state index is 12.6. The van der Waals surface area contributed by atoms with E-state index in [1.54, 1.807) is 10.8 Å². The molecule has 2 heterocycles. The summed E-state index contributed by atoms with van der Waals surface area (Å²) < 4.78 is 28.3. The summed E-state index contributed by atoms with van der Waals surface area (Å²) in [5.41, 5.74) is 0. The molecule has 1 atom stereocenters. The molecule has 1 aromatic heterocycles. The maximum Gasteiger partial charge on any atom is 0.262 e. The average Bonchev–Trinajstić information content (AvgIpc) is 2.76. The Kier molecular flexibility index (Phi) is 4.59. The third-order valence-electron chi connectivity index (χ3n) is 3.58. The first-order valence-electron chi connectivity index (χ1n) is 6.74. The Labute approximate surface area is 114 Å². The number of aryl methyl sites for hydroxylation is 1. The monoisotopic (exact) mass is 287 g/mol. The predicted octanol–water partition coefficient (Wildman–Crippen LogP) is 0.829. The number of aliphatic hydroxyl groups excluding tert-OH is 1. The van der Waals surface area contributed by atoms with Crippen molar-refractivity contribution in [2.24, 2.45) is 0 Å². The number of aliphatic hydroxyl groups is 1. The Morgan fingerprint density at radius 1 is 1.42 bits per heavy atom. The Balaban J connectivity index is 2.30. The van der Waals surface area contributed by atoms with Crippen molar-refractivity contribution in [1.82, 2.24) is 13.9 Å². The Bertz CT molecular complexity index is 512. The van der Waals surface area contributed by atoms with Crippen LogP contribution >= 0.6 is 0 Å². The molecule has 0 bridgehead atoms. The van der Waals surface area contributed by atoms with Crippen LogP contribution in [0.25, 0.3) is 0 Å². The second kappa shape index (κ2) is 6.02. The minimum Gasteiger partial charge on any atom is -0.395 e. The molecule has 0 saturated carbocycles. The number of hydrogen-bond acceptors (Lipinski definition) is 4. The molecule has 0 spiro atoms. The minimum absolute atomic E-state index is 0.0784. The zero-order valence-electron chi connectivity index (χ0n) is 11.2. The zero-order valence-corrected chi connectivity index (χ0v) is 12.0. The van der Waals surface area contributed by atoms with E-state index in [9.17, 15) is 13.5 Å². The van der Waals surface area contributed by atoms with Gasteiger partial charge in [0.1, 0.15) is 0 Å². The van der Waals surface area contributed by atoms with Crippen molar-refractivity contribution < 1.29 is 13.5 Å². The second-order valence-electron chi connectivity index (χ2n) is 4.84. The van der Waals surface area contributed by atoms with Gasteiger partial charge in [0.15, 0.2) is 5.03 Å². The highest BCUT2D eigenvalue weighted by Gasteiger charge is 2.33. The van der Waals surface area contributed by atoms with E-state index < -0.39 is 10.0 Å². The summed E-state index contributed by atoms with van der Waals surface area (Å²) in [6, 6.07) is -0.320. The van der Waals surface area contributed by atoms with Gasteiger partial charge >= 0.3 is 0 Å². The van der Waals surface area contributed by atoms with Gasteiger partial charge in [-0.15, -0.1) is 0 Å². The lowest BCUT2D eigenvalue weighted by molar-refractivity contribution is 0.186. The van der Waals surface area contributed by atoms with Gasteiger partial charge in [0, 0.05) is 25.3 Å². The van der Waals surface area contributed by atoms with Crippen molar-refractivity contribution >= 4 is 10.0 Å². The Hall–Kier alpha value is -0.920. The first kappa shape index (κ1) is 14.5. The van der Waals surface area contributed by atoms with Crippen LogP contribution in [0.15, 0.2) is 17.6 Å². The van der Waals surface area contributed by atoms with Crippen molar-refractivity contribution in [3.63, 3.8) is 0 Å². The highest BCUT2D eigenvalue weighted by Crippen LogP contribution is 2.23. The average molecular weight is 287 g/mol. The summed E-state index contributed by atoms with van der Waals surface area (Å²) in [5.74, 6) is 0. The number of aromatic nitrogens is 2. The molecule has 1 aliphatic rings. The van der Waals surface area contributed by atoms with E-state index in [-0.39, 0.29) is 17.7 Å². The highest BCUT2D eigenvalue weighted by molar-refractivity contribution is 7.89. The molecule has 0 amide bonds. The minimum atomic E-state index is -3.59. The van der Waals surface area contributed by atoms with E-state index in [1.807, 2.05) is 6.92 Å². The molecule has 0 radical (unpaired) electrons. The lowest BCUT2D eigenvalue weighted by Crippen LogP contribution is -2.42. The molecule has 108 valence electrons. The highest BCUT2D eigenvalue weighted by atomic mass is 32.2. The fourth-order valence-electron chi connectivity index (χ4n) is 2.42. The normalized spacial score (nSPS) is 22.3. The van der Waals surface area contributed by atoms with E-state index in [0.29, 0.717) is 19.5 Å². The fourth-order valence-corrected chi connectivity index (χ4v) is 4.04. The van der Waals surface area contributed by atoms with Crippen LogP contribution in [0, 0.1) is 0 Å². The standard InChI is InChI=1S/C12H21N3O3S/c1-2-14-8-12(13-10-14)19(17,18)15-7-5-3-4-6-11(15)9-16/h8,10-11,16H,2-7,9H2,1H3. The van der Waals surface area contributed by atoms with E-state index in [4.69, 9.17) is 0 Å². The van der Waals surface area contributed by atoms with Crippen LogP contribution in [0.2, 0.25) is 0 Å². The van der Waals surface area contributed by atoms with Crippen molar-refractivity contribution in [1.29, 1.82) is 0 Å². The third-order valence-corrected chi connectivity index (χ3v) is 5.42. The van der Waals surface area contributed by atoms with Crippen LogP contribution in [-0.4, -0.2) is 46.6 Å². The maximum absolute atomic E-state index is 12.6. The van der Waals surface area contributed by atoms with Gasteiger partial charge in [-0.2, -0.15) is 4.31 Å². The van der Waals surface area contributed by atoms with Crippen molar-refractivity contribution in [3.8, 4) is 0 Å². The lowest BCUT2D eigenvalue weighted by atomic mass is 10.1. The lowest BCUT2D eigenvalue weighted by Gasteiger charge is -2.26. The molecule has 1 saturated heterocycles. The van der Waals surface area contributed by atoms with Gasteiger partial charge in [-0.25, -0.2) is 13.4 Å². The predicted molar refractivity (Wildman–Crippen MR) is 71.1 cm³/mol. The van der Waals surface area contributed by atoms with Gasteiger partial charge in [0.25, 0.3) is 10.0 Å². The van der Waals surface area contributed by atoms with Gasteiger partial charge in [0.05, 0.1) is 12.9 Å². The van der Waals surface area contributed by atoms with Crippen LogP contribution in [0.5, 0.6) is 0 Å². The van der Waals surface area contributed by atoms with Gasteiger partial charge in [-0.3, -0.25) is 0 Å².